The van der Waals surface area contributed by atoms with E-state index in [4.69, 9.17) is 0 Å². The van der Waals surface area contributed by atoms with Gasteiger partial charge in [-0.25, -0.2) is 4.99 Å². The van der Waals surface area contributed by atoms with E-state index in [1.54, 1.807) is 0 Å². The standard InChI is InChI=1S/C24H26N6O2/c1-13(26-24(32)21-14(2)15(3)29-30-21)11-18-12-20(28-22(18)25-4)16-5-7-17(8-6-16)23(31)27-19-9-10-19/h5-8,11-12,19,28H,4,9-10H2,1-3H3,(H,26,32)(H,27,31)(H,29,30)/b13-11+. The van der Waals surface area contributed by atoms with Crippen LogP contribution in [-0.2, 0) is 0 Å². The second kappa shape index (κ2) is 8.66. The van der Waals surface area contributed by atoms with Crippen LogP contribution in [0.2, 0.25) is 0 Å². The number of aliphatic imine (C=N–C) groups is 1. The van der Waals surface area contributed by atoms with Gasteiger partial charge in [-0.15, -0.1) is 0 Å². The summed E-state index contributed by atoms with van der Waals surface area (Å²) in [5, 5.41) is 12.7. The monoisotopic (exact) mass is 430 g/mol. The number of nitrogens with zero attached hydrogens (tertiary/aromatic N) is 2. The van der Waals surface area contributed by atoms with Gasteiger partial charge >= 0.3 is 0 Å². The second-order valence-corrected chi connectivity index (χ2v) is 8.06. The molecule has 2 aromatic heterocycles. The molecule has 1 aliphatic rings. The Bertz CT molecular complexity index is 1210. The van der Waals surface area contributed by atoms with E-state index in [0.717, 1.165) is 40.9 Å². The van der Waals surface area contributed by atoms with Crippen LogP contribution >= 0.6 is 0 Å². The Morgan fingerprint density at radius 1 is 1.19 bits per heavy atom. The molecule has 0 bridgehead atoms. The summed E-state index contributed by atoms with van der Waals surface area (Å²) in [6.45, 7) is 9.15. The number of aromatic amines is 2. The van der Waals surface area contributed by atoms with Crippen molar-refractivity contribution in [2.45, 2.75) is 39.7 Å². The third-order valence-corrected chi connectivity index (χ3v) is 5.52. The molecule has 164 valence electrons. The van der Waals surface area contributed by atoms with Crippen LogP contribution in [0.5, 0.6) is 0 Å². The van der Waals surface area contributed by atoms with Crippen LogP contribution in [0.1, 0.15) is 57.4 Å². The second-order valence-electron chi connectivity index (χ2n) is 8.06. The number of aryl methyl sites for hydroxylation is 1. The van der Waals surface area contributed by atoms with Gasteiger partial charge in [-0.2, -0.15) is 5.10 Å². The summed E-state index contributed by atoms with van der Waals surface area (Å²) in [7, 11) is 0. The van der Waals surface area contributed by atoms with Gasteiger partial charge in [0, 0.05) is 34.1 Å². The average molecular weight is 431 g/mol. The predicted octanol–water partition coefficient (Wildman–Crippen LogP) is 4.04. The molecule has 4 N–H and O–H groups in total. The van der Waals surface area contributed by atoms with Crippen LogP contribution in [0.3, 0.4) is 0 Å². The van der Waals surface area contributed by atoms with Gasteiger partial charge < -0.3 is 15.6 Å². The number of carbonyl (C=O) groups is 2. The molecule has 1 aromatic carbocycles. The molecule has 1 saturated carbocycles. The van der Waals surface area contributed by atoms with Crippen LogP contribution < -0.4 is 10.6 Å². The Morgan fingerprint density at radius 2 is 1.91 bits per heavy atom. The molecule has 1 fully saturated rings. The van der Waals surface area contributed by atoms with Crippen molar-refractivity contribution >= 4 is 30.4 Å². The number of aromatic nitrogens is 3. The van der Waals surface area contributed by atoms with Gasteiger partial charge in [-0.05, 0) is 70.2 Å². The number of benzene rings is 1. The molecule has 1 aliphatic carbocycles. The first-order chi connectivity index (χ1) is 15.4. The molecular weight excluding hydrogens is 404 g/mol. The zero-order chi connectivity index (χ0) is 22.8. The van der Waals surface area contributed by atoms with E-state index in [1.807, 2.05) is 57.2 Å². The fourth-order valence-electron chi connectivity index (χ4n) is 3.37. The van der Waals surface area contributed by atoms with E-state index in [0.29, 0.717) is 28.8 Å². The molecule has 8 heteroatoms. The zero-order valence-electron chi connectivity index (χ0n) is 18.4. The number of nitrogens with one attached hydrogen (secondary N) is 4. The van der Waals surface area contributed by atoms with Crippen LogP contribution in [0.15, 0.2) is 41.0 Å². The Labute approximate surface area is 186 Å². The van der Waals surface area contributed by atoms with Crippen molar-refractivity contribution in [2.75, 3.05) is 0 Å². The largest absolute Gasteiger partial charge is 0.349 e. The molecule has 2 amide bonds. The van der Waals surface area contributed by atoms with Gasteiger partial charge in [0.15, 0.2) is 0 Å². The molecule has 8 nitrogen and oxygen atoms in total. The lowest BCUT2D eigenvalue weighted by Gasteiger charge is -2.04. The quantitative estimate of drug-likeness (QED) is 0.424. The number of hydrogen-bond donors (Lipinski definition) is 4. The summed E-state index contributed by atoms with van der Waals surface area (Å²) in [4.78, 5) is 32.0. The van der Waals surface area contributed by atoms with Crippen LogP contribution in [-0.4, -0.2) is 39.8 Å². The SMILES string of the molecule is C=Nc1[nH]c(-c2ccc(C(=O)NC3CC3)cc2)cc1/C=C(\C)NC(=O)c1[nH]nc(C)c1C. The topological polar surface area (TPSA) is 115 Å². The fourth-order valence-corrected chi connectivity index (χ4v) is 3.37. The van der Waals surface area contributed by atoms with Crippen molar-refractivity contribution in [3.63, 3.8) is 0 Å². The maximum Gasteiger partial charge on any atom is 0.273 e. The summed E-state index contributed by atoms with van der Waals surface area (Å²) >= 11 is 0. The molecule has 0 unspecified atom stereocenters. The lowest BCUT2D eigenvalue weighted by Crippen LogP contribution is -2.25. The highest BCUT2D eigenvalue weighted by Crippen LogP contribution is 2.29. The maximum atomic E-state index is 12.5. The third kappa shape index (κ3) is 4.54. The molecule has 3 aromatic rings. The third-order valence-electron chi connectivity index (χ3n) is 5.52. The fraction of sp³-hybridized carbons (Fsp3) is 0.250. The molecule has 0 saturated heterocycles. The highest BCUT2D eigenvalue weighted by Gasteiger charge is 2.23. The van der Waals surface area contributed by atoms with Crippen molar-refractivity contribution in [1.82, 2.24) is 25.8 Å². The molecular formula is C24H26N6O2. The molecule has 0 radical (unpaired) electrons. The molecule has 0 aliphatic heterocycles. The lowest BCUT2D eigenvalue weighted by molar-refractivity contribution is 0.0946. The van der Waals surface area contributed by atoms with E-state index in [9.17, 15) is 9.59 Å². The van der Waals surface area contributed by atoms with Crippen molar-refractivity contribution in [3.05, 3.63) is 64.1 Å². The first-order valence-electron chi connectivity index (χ1n) is 10.5. The molecule has 2 heterocycles. The summed E-state index contributed by atoms with van der Waals surface area (Å²) in [6.07, 6.45) is 3.94. The Balaban J connectivity index is 1.51. The molecule has 0 atom stereocenters. The van der Waals surface area contributed by atoms with Gasteiger partial charge in [-0.1, -0.05) is 12.1 Å². The van der Waals surface area contributed by atoms with Crippen LogP contribution in [0, 0.1) is 13.8 Å². The zero-order valence-corrected chi connectivity index (χ0v) is 18.4. The smallest absolute Gasteiger partial charge is 0.273 e. The maximum absolute atomic E-state index is 12.5. The van der Waals surface area contributed by atoms with E-state index in [-0.39, 0.29) is 11.8 Å². The van der Waals surface area contributed by atoms with Gasteiger partial charge in [0.25, 0.3) is 11.8 Å². The highest BCUT2D eigenvalue weighted by atomic mass is 16.2. The van der Waals surface area contributed by atoms with Crippen molar-refractivity contribution in [3.8, 4) is 11.3 Å². The van der Waals surface area contributed by atoms with E-state index in [2.05, 4.69) is 37.5 Å². The van der Waals surface area contributed by atoms with Crippen LogP contribution in [0.25, 0.3) is 17.3 Å². The predicted molar refractivity (Wildman–Crippen MR) is 125 cm³/mol. The Hall–Kier alpha value is -3.94. The minimum absolute atomic E-state index is 0.0448. The minimum Gasteiger partial charge on any atom is -0.349 e. The summed E-state index contributed by atoms with van der Waals surface area (Å²) in [5.41, 5.74) is 5.90. The molecule has 32 heavy (non-hydrogen) atoms. The normalized spacial score (nSPS) is 13.7. The van der Waals surface area contributed by atoms with Gasteiger partial charge in [-0.3, -0.25) is 14.7 Å². The van der Waals surface area contributed by atoms with Crippen molar-refractivity contribution < 1.29 is 9.59 Å². The van der Waals surface area contributed by atoms with Crippen molar-refractivity contribution in [2.24, 2.45) is 4.99 Å². The average Bonchev–Trinajstić information content (AvgIpc) is 3.40. The first-order valence-corrected chi connectivity index (χ1v) is 10.5. The summed E-state index contributed by atoms with van der Waals surface area (Å²) in [6, 6.07) is 9.67. The van der Waals surface area contributed by atoms with Gasteiger partial charge in [0.05, 0.1) is 5.69 Å². The number of allylic oxidation sites excluding steroid dienone is 1. The first kappa shape index (κ1) is 21.3. The van der Waals surface area contributed by atoms with Crippen molar-refractivity contribution in [1.29, 1.82) is 0 Å². The molecule has 4 rings (SSSR count). The van der Waals surface area contributed by atoms with E-state index in [1.165, 1.54) is 0 Å². The molecule has 0 spiro atoms. The van der Waals surface area contributed by atoms with Crippen LogP contribution in [0.4, 0.5) is 5.82 Å². The Morgan fingerprint density at radius 3 is 2.50 bits per heavy atom. The number of hydrogen-bond acceptors (Lipinski definition) is 4. The van der Waals surface area contributed by atoms with E-state index >= 15 is 0 Å². The summed E-state index contributed by atoms with van der Waals surface area (Å²) in [5.74, 6) is 0.301. The minimum atomic E-state index is -0.249. The van der Waals surface area contributed by atoms with Gasteiger partial charge in [0.2, 0.25) is 0 Å². The number of amides is 2. The van der Waals surface area contributed by atoms with E-state index < -0.39 is 0 Å². The number of H-pyrrole nitrogens is 2. The number of rotatable bonds is 7. The summed E-state index contributed by atoms with van der Waals surface area (Å²) < 4.78 is 0. The highest BCUT2D eigenvalue weighted by molar-refractivity contribution is 5.96. The number of carbonyl (C=O) groups excluding carboxylic acids is 2. The lowest BCUT2D eigenvalue weighted by atomic mass is 10.1. The Kier molecular flexibility index (Phi) is 5.77. The van der Waals surface area contributed by atoms with Gasteiger partial charge in [0.1, 0.15) is 11.5 Å².